The Morgan fingerprint density at radius 3 is 2.33 bits per heavy atom. The van der Waals surface area contributed by atoms with Crippen molar-refractivity contribution in [3.05, 3.63) is 39.8 Å². The lowest BCUT2D eigenvalue weighted by Gasteiger charge is -2.10. The van der Waals surface area contributed by atoms with Crippen LogP contribution in [-0.2, 0) is 4.79 Å². The first-order chi connectivity index (χ1) is 11.0. The molecule has 0 saturated heterocycles. The van der Waals surface area contributed by atoms with E-state index in [1.165, 1.54) is 0 Å². The number of hydrogen-bond acceptors (Lipinski definition) is 3. The molecule has 2 rings (SSSR count). The minimum absolute atomic E-state index is 0.321. The summed E-state index contributed by atoms with van der Waals surface area (Å²) in [5.74, 6) is -3.59. The summed E-state index contributed by atoms with van der Waals surface area (Å²) in [6.07, 6.45) is -5.09. The minimum atomic E-state index is -5.09. The van der Waals surface area contributed by atoms with Gasteiger partial charge in [0.15, 0.2) is 0 Å². The highest BCUT2D eigenvalue weighted by atomic mass is 32.1. The van der Waals surface area contributed by atoms with E-state index in [1.54, 1.807) is 31.3 Å². The standard InChI is InChI=1S/C16H14F3NO3S/c1-7-4-5-8(2)10(6-7)11-9(3)24-13(12(11)14(21)22)20-15(23)16(17,18)19/h4-6H,1-3H3,(H,20,23)(H,21,22). The van der Waals surface area contributed by atoms with E-state index in [2.05, 4.69) is 0 Å². The van der Waals surface area contributed by atoms with Gasteiger partial charge in [-0.3, -0.25) is 4.79 Å². The highest BCUT2D eigenvalue weighted by Gasteiger charge is 2.40. The summed E-state index contributed by atoms with van der Waals surface area (Å²) in [5, 5.41) is 10.8. The third kappa shape index (κ3) is 3.43. The lowest BCUT2D eigenvalue weighted by atomic mass is 9.95. The second-order valence-electron chi connectivity index (χ2n) is 5.31. The maximum Gasteiger partial charge on any atom is 0.471 e. The monoisotopic (exact) mass is 357 g/mol. The van der Waals surface area contributed by atoms with Crippen molar-refractivity contribution in [1.82, 2.24) is 0 Å². The number of aryl methyl sites for hydroxylation is 3. The Balaban J connectivity index is 2.64. The summed E-state index contributed by atoms with van der Waals surface area (Å²) in [7, 11) is 0. The Hall–Kier alpha value is -2.35. The molecule has 0 radical (unpaired) electrons. The van der Waals surface area contributed by atoms with Crippen molar-refractivity contribution in [2.75, 3.05) is 5.32 Å². The van der Waals surface area contributed by atoms with Gasteiger partial charge in [-0.2, -0.15) is 13.2 Å². The average Bonchev–Trinajstić information content (AvgIpc) is 2.77. The number of carboxylic acids is 1. The van der Waals surface area contributed by atoms with Gasteiger partial charge in [0.25, 0.3) is 0 Å². The Morgan fingerprint density at radius 1 is 1.17 bits per heavy atom. The second kappa shape index (κ2) is 6.27. The van der Waals surface area contributed by atoms with Crippen LogP contribution in [0.3, 0.4) is 0 Å². The number of hydrogen-bond donors (Lipinski definition) is 2. The Morgan fingerprint density at radius 2 is 1.79 bits per heavy atom. The number of nitrogens with one attached hydrogen (secondary N) is 1. The third-order valence-corrected chi connectivity index (χ3v) is 4.47. The van der Waals surface area contributed by atoms with E-state index in [0.29, 0.717) is 16.0 Å². The van der Waals surface area contributed by atoms with E-state index in [1.807, 2.05) is 13.0 Å². The van der Waals surface area contributed by atoms with Crippen LogP contribution in [0.1, 0.15) is 26.4 Å². The predicted molar refractivity (Wildman–Crippen MR) is 85.6 cm³/mol. The molecule has 0 aliphatic heterocycles. The maximum atomic E-state index is 12.5. The topological polar surface area (TPSA) is 66.4 Å². The molecule has 0 unspecified atom stereocenters. The molecule has 1 amide bonds. The summed E-state index contributed by atoms with van der Waals surface area (Å²) in [6, 6.07) is 5.43. The maximum absolute atomic E-state index is 12.5. The summed E-state index contributed by atoms with van der Waals surface area (Å²) in [6.45, 7) is 5.22. The number of thiophene rings is 1. The SMILES string of the molecule is Cc1ccc(C)c(-c2c(C)sc(NC(=O)C(F)(F)F)c2C(=O)O)c1. The predicted octanol–water partition coefficient (Wildman–Crippen LogP) is 4.54. The highest BCUT2D eigenvalue weighted by Crippen LogP contribution is 2.41. The van der Waals surface area contributed by atoms with Crippen LogP contribution in [0.5, 0.6) is 0 Å². The molecule has 0 aliphatic rings. The van der Waals surface area contributed by atoms with Crippen molar-refractivity contribution >= 4 is 28.2 Å². The van der Waals surface area contributed by atoms with Gasteiger partial charge in [0.05, 0.1) is 0 Å². The Labute approximate surface area is 139 Å². The van der Waals surface area contributed by atoms with Crippen LogP contribution in [-0.4, -0.2) is 23.2 Å². The van der Waals surface area contributed by atoms with Crippen LogP contribution in [0.25, 0.3) is 11.1 Å². The quantitative estimate of drug-likeness (QED) is 0.848. The molecule has 24 heavy (non-hydrogen) atoms. The lowest BCUT2D eigenvalue weighted by Crippen LogP contribution is -2.30. The fraction of sp³-hybridized carbons (Fsp3) is 0.250. The zero-order valence-corrected chi connectivity index (χ0v) is 13.9. The van der Waals surface area contributed by atoms with Gasteiger partial charge in [-0.25, -0.2) is 4.79 Å². The van der Waals surface area contributed by atoms with E-state index < -0.39 is 18.1 Å². The molecule has 0 bridgehead atoms. The minimum Gasteiger partial charge on any atom is -0.478 e. The van der Waals surface area contributed by atoms with Crippen LogP contribution >= 0.6 is 11.3 Å². The molecular formula is C16H14F3NO3S. The molecule has 2 N–H and O–H groups in total. The molecule has 0 fully saturated rings. The number of rotatable bonds is 3. The van der Waals surface area contributed by atoms with Gasteiger partial charge in [0, 0.05) is 10.4 Å². The van der Waals surface area contributed by atoms with Crippen molar-refractivity contribution in [2.45, 2.75) is 26.9 Å². The largest absolute Gasteiger partial charge is 0.478 e. The van der Waals surface area contributed by atoms with Crippen molar-refractivity contribution in [3.63, 3.8) is 0 Å². The van der Waals surface area contributed by atoms with E-state index >= 15 is 0 Å². The second-order valence-corrected chi connectivity index (χ2v) is 6.54. The number of carbonyl (C=O) groups excluding carboxylic acids is 1. The highest BCUT2D eigenvalue weighted by molar-refractivity contribution is 7.17. The molecule has 8 heteroatoms. The van der Waals surface area contributed by atoms with Crippen LogP contribution in [0, 0.1) is 20.8 Å². The number of alkyl halides is 3. The Kier molecular flexibility index (Phi) is 4.70. The van der Waals surface area contributed by atoms with Crippen molar-refractivity contribution in [2.24, 2.45) is 0 Å². The summed E-state index contributed by atoms with van der Waals surface area (Å²) >= 11 is 0.810. The van der Waals surface area contributed by atoms with Crippen molar-refractivity contribution in [1.29, 1.82) is 0 Å². The molecule has 1 aromatic heterocycles. The van der Waals surface area contributed by atoms with Crippen LogP contribution in [0.4, 0.5) is 18.2 Å². The van der Waals surface area contributed by atoms with Crippen molar-refractivity contribution < 1.29 is 27.9 Å². The smallest absolute Gasteiger partial charge is 0.471 e. The van der Waals surface area contributed by atoms with Gasteiger partial charge in [-0.15, -0.1) is 11.3 Å². The number of carboxylic acid groups (broad SMARTS) is 1. The summed E-state index contributed by atoms with van der Waals surface area (Å²) in [4.78, 5) is 23.3. The van der Waals surface area contributed by atoms with Gasteiger partial charge in [-0.05, 0) is 31.9 Å². The number of carbonyl (C=O) groups is 2. The molecule has 0 atom stereocenters. The first-order valence-electron chi connectivity index (χ1n) is 6.85. The lowest BCUT2D eigenvalue weighted by molar-refractivity contribution is -0.167. The normalized spacial score (nSPS) is 11.4. The van der Waals surface area contributed by atoms with Crippen LogP contribution < -0.4 is 5.32 Å². The first-order valence-corrected chi connectivity index (χ1v) is 7.66. The number of amides is 1. The van der Waals surface area contributed by atoms with E-state index in [9.17, 15) is 27.9 Å². The summed E-state index contributed by atoms with van der Waals surface area (Å²) < 4.78 is 37.4. The molecule has 0 saturated carbocycles. The first kappa shape index (κ1) is 18.0. The fourth-order valence-electron chi connectivity index (χ4n) is 2.34. The molecule has 1 heterocycles. The Bertz CT molecular complexity index is 825. The molecule has 1 aromatic carbocycles. The number of benzene rings is 1. The molecule has 2 aromatic rings. The zero-order chi connectivity index (χ0) is 18.2. The molecule has 4 nitrogen and oxygen atoms in total. The van der Waals surface area contributed by atoms with E-state index in [4.69, 9.17) is 0 Å². The molecule has 0 aliphatic carbocycles. The van der Waals surface area contributed by atoms with Gasteiger partial charge >= 0.3 is 18.1 Å². The van der Waals surface area contributed by atoms with Gasteiger partial charge in [0.1, 0.15) is 10.6 Å². The molecular weight excluding hydrogens is 343 g/mol. The molecule has 128 valence electrons. The average molecular weight is 357 g/mol. The molecule has 0 spiro atoms. The number of aromatic carboxylic acids is 1. The van der Waals surface area contributed by atoms with Crippen LogP contribution in [0.15, 0.2) is 18.2 Å². The van der Waals surface area contributed by atoms with Crippen molar-refractivity contribution in [3.8, 4) is 11.1 Å². The summed E-state index contributed by atoms with van der Waals surface area (Å²) in [5.41, 5.74) is 2.29. The fourth-order valence-corrected chi connectivity index (χ4v) is 3.40. The number of halogens is 3. The zero-order valence-electron chi connectivity index (χ0n) is 13.0. The van der Waals surface area contributed by atoms with Gasteiger partial charge in [0.2, 0.25) is 0 Å². The van der Waals surface area contributed by atoms with E-state index in [-0.39, 0.29) is 10.6 Å². The van der Waals surface area contributed by atoms with Gasteiger partial charge in [-0.1, -0.05) is 23.8 Å². The van der Waals surface area contributed by atoms with E-state index in [0.717, 1.165) is 22.5 Å². The number of anilines is 1. The van der Waals surface area contributed by atoms with Gasteiger partial charge < -0.3 is 10.4 Å². The third-order valence-electron chi connectivity index (χ3n) is 3.45. The van der Waals surface area contributed by atoms with Crippen LogP contribution in [0.2, 0.25) is 0 Å².